The minimum Gasteiger partial charge on any atom is -0.345 e. The lowest BCUT2D eigenvalue weighted by Crippen LogP contribution is -1.98. The van der Waals surface area contributed by atoms with Crippen LogP contribution in [-0.4, -0.2) is 9.97 Å². The maximum atomic E-state index is 5.58. The van der Waals surface area contributed by atoms with Crippen LogP contribution >= 0.6 is 0 Å². The molecule has 1 heterocycles. The number of nitrogens with two attached hydrogens (primary N) is 1. The molecule has 0 aliphatic rings. The average Bonchev–Trinajstić information content (AvgIpc) is 2.71. The van der Waals surface area contributed by atoms with Crippen molar-refractivity contribution in [1.29, 1.82) is 0 Å². The first-order valence-corrected chi connectivity index (χ1v) is 6.43. The fourth-order valence-corrected chi connectivity index (χ4v) is 2.05. The Bertz CT molecular complexity index is 509. The van der Waals surface area contributed by atoms with Crippen molar-refractivity contribution in [2.24, 2.45) is 5.73 Å². The van der Waals surface area contributed by atoms with Crippen LogP contribution in [0.15, 0.2) is 24.3 Å². The molecule has 1 aromatic carbocycles. The van der Waals surface area contributed by atoms with Gasteiger partial charge in [0, 0.05) is 12.1 Å². The number of H-pyrrole nitrogens is 1. The quantitative estimate of drug-likeness (QED) is 0.867. The molecule has 96 valence electrons. The summed E-state index contributed by atoms with van der Waals surface area (Å²) in [6, 6.07) is 8.77. The van der Waals surface area contributed by atoms with Crippen LogP contribution in [-0.2, 0) is 13.0 Å². The number of benzene rings is 1. The van der Waals surface area contributed by atoms with Crippen LogP contribution in [0.3, 0.4) is 0 Å². The second kappa shape index (κ2) is 5.36. The lowest BCUT2D eigenvalue weighted by Gasteiger charge is -2.06. The first kappa shape index (κ1) is 12.8. The maximum Gasteiger partial charge on any atom is 0.120 e. The van der Waals surface area contributed by atoms with Gasteiger partial charge in [0.05, 0.1) is 12.2 Å². The van der Waals surface area contributed by atoms with Crippen LogP contribution in [0.2, 0.25) is 0 Å². The standard InChI is InChI=1S/C15H21N3/c1-10(2)13-6-4-12(5-7-13)8-14-11(3)17-15(9-16)18-14/h4-7,10H,8-9,16H2,1-3H3,(H,17,18). The van der Waals surface area contributed by atoms with Crippen LogP contribution in [0.4, 0.5) is 0 Å². The highest BCUT2D eigenvalue weighted by atomic mass is 14.9. The molecule has 3 heteroatoms. The number of aromatic nitrogens is 2. The molecule has 0 unspecified atom stereocenters. The van der Waals surface area contributed by atoms with E-state index in [1.165, 1.54) is 11.1 Å². The zero-order valence-corrected chi connectivity index (χ0v) is 11.3. The summed E-state index contributed by atoms with van der Waals surface area (Å²) in [5.41, 5.74) is 10.5. The van der Waals surface area contributed by atoms with Gasteiger partial charge < -0.3 is 10.7 Å². The molecule has 0 bridgehead atoms. The lowest BCUT2D eigenvalue weighted by molar-refractivity contribution is 0.865. The number of hydrogen-bond donors (Lipinski definition) is 2. The van der Waals surface area contributed by atoms with E-state index in [0.29, 0.717) is 12.5 Å². The van der Waals surface area contributed by atoms with Gasteiger partial charge >= 0.3 is 0 Å². The van der Waals surface area contributed by atoms with E-state index in [-0.39, 0.29) is 0 Å². The summed E-state index contributed by atoms with van der Waals surface area (Å²) in [4.78, 5) is 7.71. The molecule has 0 aliphatic heterocycles. The zero-order valence-electron chi connectivity index (χ0n) is 11.3. The third-order valence-electron chi connectivity index (χ3n) is 3.25. The predicted molar refractivity (Wildman–Crippen MR) is 74.6 cm³/mol. The van der Waals surface area contributed by atoms with Crippen molar-refractivity contribution >= 4 is 0 Å². The number of imidazole rings is 1. The average molecular weight is 243 g/mol. The molecule has 0 amide bonds. The molecule has 18 heavy (non-hydrogen) atoms. The van der Waals surface area contributed by atoms with E-state index < -0.39 is 0 Å². The summed E-state index contributed by atoms with van der Waals surface area (Å²) in [5.74, 6) is 1.44. The third-order valence-corrected chi connectivity index (χ3v) is 3.25. The van der Waals surface area contributed by atoms with Gasteiger partial charge in [-0.25, -0.2) is 4.98 Å². The summed E-state index contributed by atoms with van der Waals surface area (Å²) in [7, 11) is 0. The Morgan fingerprint density at radius 3 is 2.39 bits per heavy atom. The van der Waals surface area contributed by atoms with E-state index in [1.807, 2.05) is 6.92 Å². The minimum atomic E-state index is 0.465. The van der Waals surface area contributed by atoms with Gasteiger partial charge in [-0.1, -0.05) is 38.1 Å². The van der Waals surface area contributed by atoms with Crippen molar-refractivity contribution in [3.63, 3.8) is 0 Å². The number of nitrogens with one attached hydrogen (secondary N) is 1. The number of aryl methyl sites for hydroxylation is 1. The highest BCUT2D eigenvalue weighted by Crippen LogP contribution is 2.17. The Hall–Kier alpha value is -1.61. The van der Waals surface area contributed by atoms with Gasteiger partial charge in [-0.15, -0.1) is 0 Å². The van der Waals surface area contributed by atoms with E-state index in [1.54, 1.807) is 0 Å². The number of nitrogens with zero attached hydrogens (tertiary/aromatic N) is 1. The molecule has 2 aromatic rings. The molecule has 0 radical (unpaired) electrons. The van der Waals surface area contributed by atoms with Gasteiger partial charge in [0.2, 0.25) is 0 Å². The van der Waals surface area contributed by atoms with E-state index >= 15 is 0 Å². The van der Waals surface area contributed by atoms with Crippen molar-refractivity contribution in [3.8, 4) is 0 Å². The van der Waals surface area contributed by atoms with Gasteiger partial charge in [0.25, 0.3) is 0 Å². The third kappa shape index (κ3) is 2.79. The van der Waals surface area contributed by atoms with Gasteiger partial charge in [0.15, 0.2) is 0 Å². The maximum absolute atomic E-state index is 5.58. The summed E-state index contributed by atoms with van der Waals surface area (Å²) >= 11 is 0. The summed E-state index contributed by atoms with van der Waals surface area (Å²) in [6.07, 6.45) is 0.862. The first-order valence-electron chi connectivity index (χ1n) is 6.43. The fraction of sp³-hybridized carbons (Fsp3) is 0.400. The Kier molecular flexibility index (Phi) is 3.82. The van der Waals surface area contributed by atoms with E-state index in [9.17, 15) is 0 Å². The highest BCUT2D eigenvalue weighted by Gasteiger charge is 2.07. The van der Waals surface area contributed by atoms with Crippen LogP contribution in [0.25, 0.3) is 0 Å². The van der Waals surface area contributed by atoms with Crippen molar-refractivity contribution in [3.05, 3.63) is 52.6 Å². The summed E-state index contributed by atoms with van der Waals surface area (Å²) in [6.45, 7) is 6.93. The number of aromatic amines is 1. The van der Waals surface area contributed by atoms with E-state index in [2.05, 4.69) is 48.1 Å². The smallest absolute Gasteiger partial charge is 0.120 e. The molecular formula is C15H21N3. The molecular weight excluding hydrogens is 222 g/mol. The predicted octanol–water partition coefficient (Wildman–Crippen LogP) is 2.89. The molecule has 0 spiro atoms. The molecule has 0 aliphatic carbocycles. The second-order valence-corrected chi connectivity index (χ2v) is 5.03. The Morgan fingerprint density at radius 2 is 1.89 bits per heavy atom. The van der Waals surface area contributed by atoms with Gasteiger partial charge in [-0.05, 0) is 24.0 Å². The molecule has 3 nitrogen and oxygen atoms in total. The normalized spacial score (nSPS) is 11.2. The van der Waals surface area contributed by atoms with Crippen molar-refractivity contribution in [2.75, 3.05) is 0 Å². The molecule has 3 N–H and O–H groups in total. The minimum absolute atomic E-state index is 0.465. The SMILES string of the molecule is Cc1[nH]c(CN)nc1Cc1ccc(C(C)C)cc1. The lowest BCUT2D eigenvalue weighted by atomic mass is 10.00. The number of rotatable bonds is 4. The van der Waals surface area contributed by atoms with Crippen LogP contribution in [0.1, 0.15) is 48.1 Å². The monoisotopic (exact) mass is 243 g/mol. The van der Waals surface area contributed by atoms with Gasteiger partial charge in [0.1, 0.15) is 5.82 Å². The van der Waals surface area contributed by atoms with Crippen LogP contribution in [0.5, 0.6) is 0 Å². The van der Waals surface area contributed by atoms with Crippen molar-refractivity contribution < 1.29 is 0 Å². The number of hydrogen-bond acceptors (Lipinski definition) is 2. The van der Waals surface area contributed by atoms with Gasteiger partial charge in [-0.2, -0.15) is 0 Å². The van der Waals surface area contributed by atoms with Crippen LogP contribution < -0.4 is 5.73 Å². The van der Waals surface area contributed by atoms with Gasteiger partial charge in [-0.3, -0.25) is 0 Å². The van der Waals surface area contributed by atoms with E-state index in [4.69, 9.17) is 5.73 Å². The van der Waals surface area contributed by atoms with Crippen molar-refractivity contribution in [1.82, 2.24) is 9.97 Å². The topological polar surface area (TPSA) is 54.7 Å². The molecule has 0 fully saturated rings. The summed E-state index contributed by atoms with van der Waals surface area (Å²) in [5, 5.41) is 0. The molecule has 2 rings (SSSR count). The summed E-state index contributed by atoms with van der Waals surface area (Å²) < 4.78 is 0. The Balaban J connectivity index is 2.15. The second-order valence-electron chi connectivity index (χ2n) is 5.03. The van der Waals surface area contributed by atoms with E-state index in [0.717, 1.165) is 23.6 Å². The Morgan fingerprint density at radius 1 is 1.22 bits per heavy atom. The fourth-order valence-electron chi connectivity index (χ4n) is 2.05. The largest absolute Gasteiger partial charge is 0.345 e. The molecule has 0 atom stereocenters. The van der Waals surface area contributed by atoms with Crippen molar-refractivity contribution in [2.45, 2.75) is 39.7 Å². The first-order chi connectivity index (χ1) is 8.60. The Labute approximate surface area is 108 Å². The highest BCUT2D eigenvalue weighted by molar-refractivity contribution is 5.29. The molecule has 1 aromatic heterocycles. The van der Waals surface area contributed by atoms with Crippen LogP contribution in [0, 0.1) is 6.92 Å². The molecule has 0 saturated carbocycles. The zero-order chi connectivity index (χ0) is 13.1. The molecule has 0 saturated heterocycles.